The van der Waals surface area contributed by atoms with E-state index in [4.69, 9.17) is 4.74 Å². The smallest absolute Gasteiger partial charge is 0.348 e. The van der Waals surface area contributed by atoms with Gasteiger partial charge >= 0.3 is 5.97 Å². The minimum atomic E-state index is -0.259. The zero-order valence-electron chi connectivity index (χ0n) is 10.9. The van der Waals surface area contributed by atoms with Crippen molar-refractivity contribution in [2.24, 2.45) is 5.92 Å². The summed E-state index contributed by atoms with van der Waals surface area (Å²) >= 11 is 1.40. The molecule has 1 aromatic rings. The first-order chi connectivity index (χ1) is 9.15. The maximum Gasteiger partial charge on any atom is 0.348 e. The van der Waals surface area contributed by atoms with Crippen molar-refractivity contribution in [3.05, 3.63) is 21.9 Å². The topological polar surface area (TPSA) is 46.6 Å². The number of amides is 1. The van der Waals surface area contributed by atoms with E-state index in [1.807, 2.05) is 23.3 Å². The van der Waals surface area contributed by atoms with Gasteiger partial charge in [0.2, 0.25) is 5.91 Å². The SMILES string of the molecule is Cc1ccsc1C(=O)OC[C@H]1CC(=O)N(C2CC2)C1. The van der Waals surface area contributed by atoms with Gasteiger partial charge in [-0.2, -0.15) is 0 Å². The fraction of sp³-hybridized carbons (Fsp3) is 0.571. The van der Waals surface area contributed by atoms with Gasteiger partial charge in [-0.15, -0.1) is 11.3 Å². The number of carbonyl (C=O) groups excluding carboxylic acids is 2. The van der Waals surface area contributed by atoms with Gasteiger partial charge in [0.05, 0.1) is 6.61 Å². The summed E-state index contributed by atoms with van der Waals surface area (Å²) in [5, 5.41) is 1.89. The highest BCUT2D eigenvalue weighted by Gasteiger charge is 2.39. The number of hydrogen-bond acceptors (Lipinski definition) is 4. The Morgan fingerprint density at radius 2 is 2.32 bits per heavy atom. The number of thiophene rings is 1. The predicted molar refractivity (Wildman–Crippen MR) is 72.2 cm³/mol. The number of hydrogen-bond donors (Lipinski definition) is 0. The van der Waals surface area contributed by atoms with Gasteiger partial charge in [0.1, 0.15) is 4.88 Å². The van der Waals surface area contributed by atoms with Crippen molar-refractivity contribution < 1.29 is 14.3 Å². The summed E-state index contributed by atoms with van der Waals surface area (Å²) < 4.78 is 5.34. The number of carbonyl (C=O) groups is 2. The van der Waals surface area contributed by atoms with E-state index in [0.29, 0.717) is 23.9 Å². The standard InChI is InChI=1S/C14H17NO3S/c1-9-4-5-19-13(9)14(17)18-8-10-6-12(16)15(7-10)11-2-3-11/h4-5,10-11H,2-3,6-8H2,1H3/t10-/m0/s1. The van der Waals surface area contributed by atoms with E-state index in [2.05, 4.69) is 0 Å². The van der Waals surface area contributed by atoms with Crippen LogP contribution in [0, 0.1) is 12.8 Å². The number of ether oxygens (including phenoxy) is 1. The fourth-order valence-electron chi connectivity index (χ4n) is 2.50. The van der Waals surface area contributed by atoms with Crippen molar-refractivity contribution in [1.82, 2.24) is 4.90 Å². The molecule has 1 aliphatic heterocycles. The Morgan fingerprint density at radius 1 is 1.53 bits per heavy atom. The molecule has 0 radical (unpaired) electrons. The number of aryl methyl sites for hydroxylation is 1. The predicted octanol–water partition coefficient (Wildman–Crippen LogP) is 2.22. The highest BCUT2D eigenvalue weighted by Crippen LogP contribution is 2.32. The lowest BCUT2D eigenvalue weighted by atomic mass is 10.1. The average Bonchev–Trinajstić information content (AvgIpc) is 3.03. The molecule has 0 unspecified atom stereocenters. The molecular formula is C14H17NO3S. The molecule has 0 N–H and O–H groups in total. The molecule has 3 rings (SSSR count). The molecule has 0 bridgehead atoms. The third-order valence-corrected chi connectivity index (χ3v) is 4.72. The summed E-state index contributed by atoms with van der Waals surface area (Å²) in [7, 11) is 0. The lowest BCUT2D eigenvalue weighted by Gasteiger charge is -2.15. The van der Waals surface area contributed by atoms with Crippen LogP contribution in [-0.2, 0) is 9.53 Å². The molecule has 1 saturated carbocycles. The molecule has 2 aliphatic rings. The van der Waals surface area contributed by atoms with Crippen LogP contribution >= 0.6 is 11.3 Å². The normalized spacial score (nSPS) is 22.9. The average molecular weight is 279 g/mol. The Bertz CT molecular complexity index is 507. The van der Waals surface area contributed by atoms with Gasteiger partial charge in [-0.05, 0) is 36.8 Å². The molecule has 102 valence electrons. The molecule has 2 fully saturated rings. The van der Waals surface area contributed by atoms with Gasteiger partial charge in [-0.1, -0.05) is 0 Å². The molecule has 19 heavy (non-hydrogen) atoms. The van der Waals surface area contributed by atoms with E-state index in [1.54, 1.807) is 0 Å². The lowest BCUT2D eigenvalue weighted by Crippen LogP contribution is -2.27. The van der Waals surface area contributed by atoms with Crippen molar-refractivity contribution in [2.45, 2.75) is 32.2 Å². The minimum Gasteiger partial charge on any atom is -0.461 e. The van der Waals surface area contributed by atoms with Crippen LogP contribution in [0.15, 0.2) is 11.4 Å². The molecule has 1 aliphatic carbocycles. The first kappa shape index (κ1) is 12.7. The summed E-state index contributed by atoms with van der Waals surface area (Å²) in [4.78, 5) is 26.3. The second kappa shape index (κ2) is 4.96. The second-order valence-corrected chi connectivity index (χ2v) is 6.29. The van der Waals surface area contributed by atoms with Crippen LogP contribution in [0.25, 0.3) is 0 Å². The Balaban J connectivity index is 1.52. The summed E-state index contributed by atoms with van der Waals surface area (Å²) in [6.07, 6.45) is 2.78. The maximum absolute atomic E-state index is 11.9. The van der Waals surface area contributed by atoms with Gasteiger partial charge in [0.25, 0.3) is 0 Å². The van der Waals surface area contributed by atoms with Crippen LogP contribution in [0.2, 0.25) is 0 Å². The Morgan fingerprint density at radius 3 is 2.95 bits per heavy atom. The van der Waals surface area contributed by atoms with Crippen LogP contribution < -0.4 is 0 Å². The van der Waals surface area contributed by atoms with Crippen LogP contribution in [0.1, 0.15) is 34.5 Å². The molecular weight excluding hydrogens is 262 g/mol. The van der Waals surface area contributed by atoms with Gasteiger partial charge in [-0.3, -0.25) is 4.79 Å². The summed E-state index contributed by atoms with van der Waals surface area (Å²) in [5.41, 5.74) is 0.956. The number of esters is 1. The molecule has 5 heteroatoms. The molecule has 1 aromatic heterocycles. The third kappa shape index (κ3) is 2.66. The van der Waals surface area contributed by atoms with Gasteiger partial charge < -0.3 is 9.64 Å². The van der Waals surface area contributed by atoms with Gasteiger partial charge in [-0.25, -0.2) is 4.79 Å². The van der Waals surface area contributed by atoms with Crippen molar-refractivity contribution in [2.75, 3.05) is 13.2 Å². The zero-order valence-corrected chi connectivity index (χ0v) is 11.7. The first-order valence-corrected chi connectivity index (χ1v) is 7.54. The summed E-state index contributed by atoms with van der Waals surface area (Å²) in [6.45, 7) is 3.01. The molecule has 0 aromatic carbocycles. The molecule has 4 nitrogen and oxygen atoms in total. The third-order valence-electron chi connectivity index (χ3n) is 3.72. The van der Waals surface area contributed by atoms with Crippen molar-refractivity contribution >= 4 is 23.2 Å². The number of likely N-dealkylation sites (tertiary alicyclic amines) is 1. The van der Waals surface area contributed by atoms with Crippen LogP contribution in [0.3, 0.4) is 0 Å². The Kier molecular flexibility index (Phi) is 3.31. The largest absolute Gasteiger partial charge is 0.461 e. The summed E-state index contributed by atoms with van der Waals surface area (Å²) in [5.74, 6) is 0.123. The van der Waals surface area contributed by atoms with Crippen LogP contribution in [-0.4, -0.2) is 36.0 Å². The molecule has 1 saturated heterocycles. The molecule has 2 heterocycles. The highest BCUT2D eigenvalue weighted by molar-refractivity contribution is 7.12. The van der Waals surface area contributed by atoms with E-state index >= 15 is 0 Å². The molecule has 0 spiro atoms. The van der Waals surface area contributed by atoms with E-state index < -0.39 is 0 Å². The van der Waals surface area contributed by atoms with Crippen LogP contribution in [0.5, 0.6) is 0 Å². The Labute approximate surface area is 116 Å². The monoisotopic (exact) mass is 279 g/mol. The minimum absolute atomic E-state index is 0.164. The zero-order chi connectivity index (χ0) is 13.4. The molecule has 1 atom stereocenters. The van der Waals surface area contributed by atoms with Crippen molar-refractivity contribution in [1.29, 1.82) is 0 Å². The van der Waals surface area contributed by atoms with Gasteiger partial charge in [0, 0.05) is 24.9 Å². The second-order valence-electron chi connectivity index (χ2n) is 5.38. The fourth-order valence-corrected chi connectivity index (χ4v) is 3.32. The number of rotatable bonds is 4. The molecule has 1 amide bonds. The Hall–Kier alpha value is -1.36. The number of nitrogens with zero attached hydrogens (tertiary/aromatic N) is 1. The quantitative estimate of drug-likeness (QED) is 0.794. The lowest BCUT2D eigenvalue weighted by molar-refractivity contribution is -0.128. The van der Waals surface area contributed by atoms with Crippen molar-refractivity contribution in [3.8, 4) is 0 Å². The van der Waals surface area contributed by atoms with E-state index in [-0.39, 0.29) is 17.8 Å². The highest BCUT2D eigenvalue weighted by atomic mass is 32.1. The van der Waals surface area contributed by atoms with Crippen molar-refractivity contribution in [3.63, 3.8) is 0 Å². The van der Waals surface area contributed by atoms with E-state index in [1.165, 1.54) is 11.3 Å². The summed E-state index contributed by atoms with van der Waals surface area (Å²) in [6, 6.07) is 2.38. The first-order valence-electron chi connectivity index (χ1n) is 6.66. The van der Waals surface area contributed by atoms with Crippen LogP contribution in [0.4, 0.5) is 0 Å². The van der Waals surface area contributed by atoms with E-state index in [9.17, 15) is 9.59 Å². The van der Waals surface area contributed by atoms with E-state index in [0.717, 1.165) is 24.9 Å². The van der Waals surface area contributed by atoms with Gasteiger partial charge in [0.15, 0.2) is 0 Å². The maximum atomic E-state index is 11.9.